The summed E-state index contributed by atoms with van der Waals surface area (Å²) < 4.78 is 24.5. The SMILES string of the molecule is Fc1cc(CNc2cc(N3CCCC3)ncn2)c2c(c1)COCO2. The third-order valence-electron chi connectivity index (χ3n) is 4.29. The number of anilines is 2. The van der Waals surface area contributed by atoms with Crippen LogP contribution in [0.4, 0.5) is 16.0 Å². The highest BCUT2D eigenvalue weighted by atomic mass is 19.1. The summed E-state index contributed by atoms with van der Waals surface area (Å²) >= 11 is 0. The van der Waals surface area contributed by atoms with Crippen molar-refractivity contribution in [1.29, 1.82) is 0 Å². The molecule has 0 aliphatic carbocycles. The zero-order chi connectivity index (χ0) is 16.4. The number of halogens is 1. The minimum absolute atomic E-state index is 0.193. The molecular weight excluding hydrogens is 311 g/mol. The zero-order valence-corrected chi connectivity index (χ0v) is 13.3. The van der Waals surface area contributed by atoms with Crippen LogP contribution in [-0.4, -0.2) is 29.9 Å². The molecule has 2 aliphatic heterocycles. The van der Waals surface area contributed by atoms with E-state index in [2.05, 4.69) is 20.2 Å². The number of ether oxygens (including phenoxy) is 2. The number of fused-ring (bicyclic) bond motifs is 1. The van der Waals surface area contributed by atoms with E-state index in [-0.39, 0.29) is 12.6 Å². The first-order valence-electron chi connectivity index (χ1n) is 8.12. The maximum atomic E-state index is 13.8. The van der Waals surface area contributed by atoms with Crippen LogP contribution in [0.15, 0.2) is 24.5 Å². The first-order chi connectivity index (χ1) is 11.8. The van der Waals surface area contributed by atoms with Crippen LogP contribution in [0.3, 0.4) is 0 Å². The minimum atomic E-state index is -0.292. The Balaban J connectivity index is 1.51. The van der Waals surface area contributed by atoms with Crippen LogP contribution >= 0.6 is 0 Å². The number of benzene rings is 1. The zero-order valence-electron chi connectivity index (χ0n) is 13.3. The summed E-state index contributed by atoms with van der Waals surface area (Å²) in [5.74, 6) is 2.05. The van der Waals surface area contributed by atoms with Gasteiger partial charge in [-0.25, -0.2) is 14.4 Å². The van der Waals surface area contributed by atoms with Gasteiger partial charge in [0.25, 0.3) is 0 Å². The fourth-order valence-corrected chi connectivity index (χ4v) is 3.14. The standard InChI is InChI=1S/C17H19FN4O2/c18-14-5-12(17-13(6-14)9-23-11-24-17)8-19-15-7-16(21-10-20-15)22-3-1-2-4-22/h5-7,10H,1-4,8-9,11H2,(H,19,20,21). The van der Waals surface area contributed by atoms with Gasteiger partial charge in [0.1, 0.15) is 29.5 Å². The van der Waals surface area contributed by atoms with Crippen LogP contribution in [0, 0.1) is 5.82 Å². The van der Waals surface area contributed by atoms with Crippen molar-refractivity contribution in [3.63, 3.8) is 0 Å². The van der Waals surface area contributed by atoms with Gasteiger partial charge in [-0.15, -0.1) is 0 Å². The van der Waals surface area contributed by atoms with E-state index in [4.69, 9.17) is 9.47 Å². The Morgan fingerprint density at radius 3 is 2.92 bits per heavy atom. The topological polar surface area (TPSA) is 59.5 Å². The Labute approximate surface area is 139 Å². The van der Waals surface area contributed by atoms with Crippen molar-refractivity contribution in [3.05, 3.63) is 41.5 Å². The average Bonchev–Trinajstić information content (AvgIpc) is 3.14. The number of nitrogens with one attached hydrogen (secondary N) is 1. The summed E-state index contributed by atoms with van der Waals surface area (Å²) in [4.78, 5) is 10.8. The molecule has 4 rings (SSSR count). The summed E-state index contributed by atoms with van der Waals surface area (Å²) in [5.41, 5.74) is 1.49. The molecule has 24 heavy (non-hydrogen) atoms. The number of hydrogen-bond donors (Lipinski definition) is 1. The van der Waals surface area contributed by atoms with Gasteiger partial charge in [0.15, 0.2) is 6.79 Å². The molecule has 6 nitrogen and oxygen atoms in total. The fourth-order valence-electron chi connectivity index (χ4n) is 3.14. The number of rotatable bonds is 4. The Morgan fingerprint density at radius 1 is 1.17 bits per heavy atom. The van der Waals surface area contributed by atoms with Crippen molar-refractivity contribution in [2.45, 2.75) is 26.0 Å². The molecule has 0 amide bonds. The maximum Gasteiger partial charge on any atom is 0.189 e. The van der Waals surface area contributed by atoms with Crippen LogP contribution < -0.4 is 15.0 Å². The third kappa shape index (κ3) is 3.12. The van der Waals surface area contributed by atoms with Gasteiger partial charge in [-0.3, -0.25) is 0 Å². The van der Waals surface area contributed by atoms with Crippen molar-refractivity contribution < 1.29 is 13.9 Å². The first kappa shape index (κ1) is 15.1. The Morgan fingerprint density at radius 2 is 2.04 bits per heavy atom. The first-order valence-corrected chi connectivity index (χ1v) is 8.12. The maximum absolute atomic E-state index is 13.8. The molecule has 1 aromatic carbocycles. The molecule has 3 heterocycles. The van der Waals surface area contributed by atoms with Crippen LogP contribution in [0.25, 0.3) is 0 Å². The van der Waals surface area contributed by atoms with E-state index in [0.717, 1.165) is 35.9 Å². The molecule has 7 heteroatoms. The molecule has 2 aliphatic rings. The lowest BCUT2D eigenvalue weighted by molar-refractivity contribution is -0.0172. The number of nitrogens with zero attached hydrogens (tertiary/aromatic N) is 3. The summed E-state index contributed by atoms with van der Waals surface area (Å²) in [6.07, 6.45) is 3.95. The van der Waals surface area contributed by atoms with Crippen molar-refractivity contribution >= 4 is 11.6 Å². The lowest BCUT2D eigenvalue weighted by atomic mass is 10.1. The Hall–Kier alpha value is -2.41. The lowest BCUT2D eigenvalue weighted by Crippen LogP contribution is -2.19. The molecule has 0 unspecified atom stereocenters. The van der Waals surface area contributed by atoms with Crippen LogP contribution in [-0.2, 0) is 17.9 Å². The van der Waals surface area contributed by atoms with E-state index in [1.807, 2.05) is 6.07 Å². The predicted octanol–water partition coefficient (Wildman–Crippen LogP) is 2.69. The quantitative estimate of drug-likeness (QED) is 0.930. The predicted molar refractivity (Wildman–Crippen MR) is 87.5 cm³/mol. The van der Waals surface area contributed by atoms with Crippen molar-refractivity contribution in [2.75, 3.05) is 30.1 Å². The average molecular weight is 330 g/mol. The highest BCUT2D eigenvalue weighted by Gasteiger charge is 2.17. The summed E-state index contributed by atoms with van der Waals surface area (Å²) in [7, 11) is 0. The second-order valence-corrected chi connectivity index (χ2v) is 5.97. The normalized spacial score (nSPS) is 16.6. The molecule has 0 spiro atoms. The molecular formula is C17H19FN4O2. The second-order valence-electron chi connectivity index (χ2n) is 5.97. The van der Waals surface area contributed by atoms with Gasteiger partial charge in [-0.05, 0) is 25.0 Å². The van der Waals surface area contributed by atoms with Crippen molar-refractivity contribution in [3.8, 4) is 5.75 Å². The molecule has 1 N–H and O–H groups in total. The van der Waals surface area contributed by atoms with E-state index in [9.17, 15) is 4.39 Å². The van der Waals surface area contributed by atoms with E-state index in [1.165, 1.54) is 25.0 Å². The summed E-state index contributed by atoms with van der Waals surface area (Å²) in [6.45, 7) is 3.05. The largest absolute Gasteiger partial charge is 0.467 e. The molecule has 0 atom stereocenters. The van der Waals surface area contributed by atoms with Gasteiger partial charge in [0.05, 0.1) is 6.61 Å². The third-order valence-corrected chi connectivity index (χ3v) is 4.29. The molecule has 126 valence electrons. The number of aromatic nitrogens is 2. The minimum Gasteiger partial charge on any atom is -0.467 e. The van der Waals surface area contributed by atoms with E-state index >= 15 is 0 Å². The lowest BCUT2D eigenvalue weighted by Gasteiger charge is -2.21. The molecule has 0 saturated carbocycles. The van der Waals surface area contributed by atoms with Crippen LogP contribution in [0.1, 0.15) is 24.0 Å². The van der Waals surface area contributed by atoms with Gasteiger partial charge in [0.2, 0.25) is 0 Å². The van der Waals surface area contributed by atoms with Crippen molar-refractivity contribution in [2.24, 2.45) is 0 Å². The van der Waals surface area contributed by atoms with Gasteiger partial charge < -0.3 is 19.7 Å². The monoisotopic (exact) mass is 330 g/mol. The summed E-state index contributed by atoms with van der Waals surface area (Å²) in [5, 5.41) is 3.24. The van der Waals surface area contributed by atoms with E-state index in [1.54, 1.807) is 6.33 Å². The second kappa shape index (κ2) is 6.60. The van der Waals surface area contributed by atoms with Gasteiger partial charge in [-0.1, -0.05) is 0 Å². The molecule has 2 aromatic rings. The smallest absolute Gasteiger partial charge is 0.189 e. The molecule has 0 bridgehead atoms. The van der Waals surface area contributed by atoms with Gasteiger partial charge in [-0.2, -0.15) is 0 Å². The molecule has 0 radical (unpaired) electrons. The molecule has 1 saturated heterocycles. The van der Waals surface area contributed by atoms with Gasteiger partial charge >= 0.3 is 0 Å². The number of hydrogen-bond acceptors (Lipinski definition) is 6. The highest BCUT2D eigenvalue weighted by Crippen LogP contribution is 2.30. The van der Waals surface area contributed by atoms with E-state index in [0.29, 0.717) is 18.9 Å². The highest BCUT2D eigenvalue weighted by molar-refractivity contribution is 5.50. The summed E-state index contributed by atoms with van der Waals surface area (Å²) in [6, 6.07) is 4.87. The Bertz CT molecular complexity index is 735. The fraction of sp³-hybridized carbons (Fsp3) is 0.412. The molecule has 1 aromatic heterocycles. The molecule has 1 fully saturated rings. The van der Waals surface area contributed by atoms with Crippen molar-refractivity contribution in [1.82, 2.24) is 9.97 Å². The van der Waals surface area contributed by atoms with Gasteiger partial charge in [0, 0.05) is 36.8 Å². The van der Waals surface area contributed by atoms with Crippen LogP contribution in [0.5, 0.6) is 5.75 Å². The Kier molecular flexibility index (Phi) is 4.17. The van der Waals surface area contributed by atoms with E-state index < -0.39 is 0 Å². The van der Waals surface area contributed by atoms with Crippen LogP contribution in [0.2, 0.25) is 0 Å².